The van der Waals surface area contributed by atoms with Gasteiger partial charge in [-0.05, 0) is 41.7 Å². The van der Waals surface area contributed by atoms with Crippen molar-refractivity contribution in [3.8, 4) is 5.75 Å². The molecule has 0 heterocycles. The van der Waals surface area contributed by atoms with Gasteiger partial charge < -0.3 is 14.0 Å². The first-order chi connectivity index (χ1) is 10.1. The van der Waals surface area contributed by atoms with E-state index in [0.717, 1.165) is 17.6 Å². The fourth-order valence-electron chi connectivity index (χ4n) is 2.03. The highest BCUT2D eigenvalue weighted by atomic mass is 28.4. The van der Waals surface area contributed by atoms with E-state index in [0.29, 0.717) is 6.61 Å². The molecular formula is C18H30O3Si. The monoisotopic (exact) mass is 322 g/mol. The van der Waals surface area contributed by atoms with Crippen molar-refractivity contribution in [3.63, 3.8) is 0 Å². The molecule has 0 amide bonds. The van der Waals surface area contributed by atoms with Crippen LogP contribution in [0, 0.1) is 5.92 Å². The van der Waals surface area contributed by atoms with Crippen molar-refractivity contribution in [2.45, 2.75) is 51.7 Å². The summed E-state index contributed by atoms with van der Waals surface area (Å²) in [6.45, 7) is 13.9. The summed E-state index contributed by atoms with van der Waals surface area (Å²) in [5, 5.41) is 0.184. The third kappa shape index (κ3) is 4.68. The highest BCUT2D eigenvalue weighted by Gasteiger charge is 2.37. The van der Waals surface area contributed by atoms with Crippen molar-refractivity contribution in [1.29, 1.82) is 0 Å². The van der Waals surface area contributed by atoms with Crippen LogP contribution in [0.3, 0.4) is 0 Å². The molecular weight excluding hydrogens is 292 g/mol. The molecule has 0 N–H and O–H groups in total. The van der Waals surface area contributed by atoms with Crippen molar-refractivity contribution in [3.05, 3.63) is 29.8 Å². The molecule has 0 bridgehead atoms. The topological polar surface area (TPSA) is 35.5 Å². The minimum Gasteiger partial charge on any atom is -0.497 e. The summed E-state index contributed by atoms with van der Waals surface area (Å²) in [7, 11) is -0.137. The first kappa shape index (κ1) is 18.9. The highest BCUT2D eigenvalue weighted by Crippen LogP contribution is 2.37. The van der Waals surface area contributed by atoms with Gasteiger partial charge in [-0.3, -0.25) is 0 Å². The summed E-state index contributed by atoms with van der Waals surface area (Å²) >= 11 is 0. The fraction of sp³-hybridized carbons (Fsp3) is 0.611. The Morgan fingerprint density at radius 1 is 1.18 bits per heavy atom. The maximum Gasteiger partial charge on any atom is 0.191 e. The zero-order valence-corrected chi connectivity index (χ0v) is 16.0. The summed E-state index contributed by atoms with van der Waals surface area (Å²) in [6, 6.07) is 7.71. The van der Waals surface area contributed by atoms with Crippen molar-refractivity contribution in [2.75, 3.05) is 13.7 Å². The van der Waals surface area contributed by atoms with Gasteiger partial charge in [0.1, 0.15) is 12.0 Å². The third-order valence-electron chi connectivity index (χ3n) is 4.77. The van der Waals surface area contributed by atoms with E-state index in [2.05, 4.69) is 40.8 Å². The van der Waals surface area contributed by atoms with E-state index in [4.69, 9.17) is 9.16 Å². The first-order valence-corrected chi connectivity index (χ1v) is 10.8. The van der Waals surface area contributed by atoms with E-state index >= 15 is 0 Å². The number of ether oxygens (including phenoxy) is 1. The average molecular weight is 323 g/mol. The Bertz CT molecular complexity index is 474. The van der Waals surface area contributed by atoms with Gasteiger partial charge in [0.25, 0.3) is 0 Å². The summed E-state index contributed by atoms with van der Waals surface area (Å²) < 4.78 is 11.4. The molecule has 1 rings (SSSR count). The quantitative estimate of drug-likeness (QED) is 0.542. The molecule has 0 saturated heterocycles. The van der Waals surface area contributed by atoms with Crippen LogP contribution in [0.4, 0.5) is 0 Å². The molecule has 124 valence electrons. The molecule has 0 aliphatic carbocycles. The van der Waals surface area contributed by atoms with Crippen LogP contribution in [0.1, 0.15) is 39.2 Å². The number of methoxy groups -OCH3 is 1. The van der Waals surface area contributed by atoms with Gasteiger partial charge in [0, 0.05) is 12.5 Å². The zero-order chi connectivity index (χ0) is 17.0. The summed E-state index contributed by atoms with van der Waals surface area (Å²) in [6.07, 6.45) is 1.03. The maximum atomic E-state index is 11.5. The second-order valence-electron chi connectivity index (χ2n) is 7.48. The number of benzene rings is 1. The number of aldehydes is 1. The van der Waals surface area contributed by atoms with Crippen LogP contribution in [0.25, 0.3) is 0 Å². The minimum absolute atomic E-state index is 0.143. The van der Waals surface area contributed by atoms with Crippen LogP contribution in [0.2, 0.25) is 18.1 Å². The molecule has 0 unspecified atom stereocenters. The molecule has 2 atom stereocenters. The third-order valence-corrected chi connectivity index (χ3v) is 9.27. The van der Waals surface area contributed by atoms with E-state index in [1.54, 1.807) is 7.11 Å². The van der Waals surface area contributed by atoms with E-state index in [-0.39, 0.29) is 16.9 Å². The van der Waals surface area contributed by atoms with Crippen LogP contribution in [-0.4, -0.2) is 28.3 Å². The fourth-order valence-corrected chi connectivity index (χ4v) is 3.14. The smallest absolute Gasteiger partial charge is 0.191 e. The summed E-state index contributed by atoms with van der Waals surface area (Å²) in [5.41, 5.74) is 1.02. The van der Waals surface area contributed by atoms with Gasteiger partial charge in [0.15, 0.2) is 8.32 Å². The lowest BCUT2D eigenvalue weighted by atomic mass is 9.89. The van der Waals surface area contributed by atoms with Crippen molar-refractivity contribution < 1.29 is 14.0 Å². The van der Waals surface area contributed by atoms with Crippen molar-refractivity contribution >= 4 is 14.6 Å². The summed E-state index contributed by atoms with van der Waals surface area (Å²) in [5.74, 6) is 0.814. The molecule has 0 saturated carbocycles. The number of rotatable bonds is 7. The Morgan fingerprint density at radius 3 is 2.14 bits per heavy atom. The zero-order valence-electron chi connectivity index (χ0n) is 15.0. The van der Waals surface area contributed by atoms with Gasteiger partial charge in [-0.15, -0.1) is 0 Å². The Labute approximate surface area is 136 Å². The molecule has 0 spiro atoms. The van der Waals surface area contributed by atoms with Gasteiger partial charge >= 0.3 is 0 Å². The van der Waals surface area contributed by atoms with Crippen molar-refractivity contribution in [2.24, 2.45) is 5.92 Å². The molecule has 22 heavy (non-hydrogen) atoms. The SMILES string of the molecule is COc1ccc([C@@H](C=O)[C@H](C)CO[Si](C)(C)C(C)(C)C)cc1. The van der Waals surface area contributed by atoms with Crippen LogP contribution >= 0.6 is 0 Å². The van der Waals surface area contributed by atoms with E-state index < -0.39 is 8.32 Å². The Morgan fingerprint density at radius 2 is 1.73 bits per heavy atom. The van der Waals surface area contributed by atoms with Crippen LogP contribution < -0.4 is 4.74 Å². The Hall–Kier alpha value is -1.13. The molecule has 3 nitrogen and oxygen atoms in total. The van der Waals surface area contributed by atoms with Crippen LogP contribution in [0.5, 0.6) is 5.75 Å². The molecule has 0 aliphatic rings. The molecule has 4 heteroatoms. The molecule has 1 aromatic rings. The number of hydrogen-bond donors (Lipinski definition) is 0. The van der Waals surface area contributed by atoms with Gasteiger partial charge in [-0.2, -0.15) is 0 Å². The van der Waals surface area contributed by atoms with E-state index in [1.807, 2.05) is 24.3 Å². The first-order valence-electron chi connectivity index (χ1n) is 7.85. The van der Waals surface area contributed by atoms with E-state index in [1.165, 1.54) is 0 Å². The number of carbonyl (C=O) groups is 1. The predicted octanol–water partition coefficient (Wildman–Crippen LogP) is 4.64. The standard InChI is InChI=1S/C18H30O3Si/c1-14(13-21-22(6,7)18(2,3)4)17(12-19)15-8-10-16(20-5)11-9-15/h8-12,14,17H,13H2,1-7H3/t14-,17+/m1/s1. The molecule has 0 aromatic heterocycles. The maximum absolute atomic E-state index is 11.5. The normalized spacial score (nSPS) is 15.2. The molecule has 0 aliphatic heterocycles. The van der Waals surface area contributed by atoms with Crippen LogP contribution in [-0.2, 0) is 9.22 Å². The Kier molecular flexibility index (Phi) is 6.38. The minimum atomic E-state index is -1.78. The second-order valence-corrected chi connectivity index (χ2v) is 12.3. The van der Waals surface area contributed by atoms with Gasteiger partial charge in [-0.25, -0.2) is 0 Å². The average Bonchev–Trinajstić information content (AvgIpc) is 2.45. The highest BCUT2D eigenvalue weighted by molar-refractivity contribution is 6.74. The summed E-state index contributed by atoms with van der Waals surface area (Å²) in [4.78, 5) is 11.5. The molecule has 1 aromatic carbocycles. The largest absolute Gasteiger partial charge is 0.497 e. The van der Waals surface area contributed by atoms with Gasteiger partial charge in [0.2, 0.25) is 0 Å². The predicted molar refractivity (Wildman–Crippen MR) is 94.1 cm³/mol. The lowest BCUT2D eigenvalue weighted by Crippen LogP contribution is -2.42. The van der Waals surface area contributed by atoms with Crippen LogP contribution in [0.15, 0.2) is 24.3 Å². The van der Waals surface area contributed by atoms with Gasteiger partial charge in [0.05, 0.1) is 7.11 Å². The second kappa shape index (κ2) is 7.42. The molecule has 0 fully saturated rings. The molecule has 0 radical (unpaired) electrons. The Balaban J connectivity index is 2.76. The van der Waals surface area contributed by atoms with Crippen molar-refractivity contribution in [1.82, 2.24) is 0 Å². The number of carbonyl (C=O) groups excluding carboxylic acids is 1. The lowest BCUT2D eigenvalue weighted by Gasteiger charge is -2.37. The van der Waals surface area contributed by atoms with Gasteiger partial charge in [-0.1, -0.05) is 39.8 Å². The number of hydrogen-bond acceptors (Lipinski definition) is 3. The van der Waals surface area contributed by atoms with E-state index in [9.17, 15) is 4.79 Å². The lowest BCUT2D eigenvalue weighted by molar-refractivity contribution is -0.110.